The van der Waals surface area contributed by atoms with E-state index in [0.717, 1.165) is 14.9 Å². The van der Waals surface area contributed by atoms with E-state index in [1.165, 1.54) is 7.05 Å². The van der Waals surface area contributed by atoms with Crippen molar-refractivity contribution in [2.24, 2.45) is 0 Å². The van der Waals surface area contributed by atoms with Gasteiger partial charge in [-0.15, -0.1) is 0 Å². The summed E-state index contributed by atoms with van der Waals surface area (Å²) in [5.41, 5.74) is 0.842. The van der Waals surface area contributed by atoms with Gasteiger partial charge in [-0.1, -0.05) is 22.0 Å². The second-order valence-electron chi connectivity index (χ2n) is 6.10. The number of nitrogens with zero attached hydrogens (tertiary/aromatic N) is 1. The predicted molar refractivity (Wildman–Crippen MR) is 79.2 cm³/mol. The molecular formula is C15H19BrFNO2. The fourth-order valence-electron chi connectivity index (χ4n) is 2.40. The summed E-state index contributed by atoms with van der Waals surface area (Å²) >= 11 is 3.38. The molecule has 110 valence electrons. The summed E-state index contributed by atoms with van der Waals surface area (Å²) in [4.78, 5) is 13.1. The van der Waals surface area contributed by atoms with E-state index in [-0.39, 0.29) is 6.42 Å². The molecule has 3 nitrogen and oxygen atoms in total. The Morgan fingerprint density at radius 3 is 2.70 bits per heavy atom. The van der Waals surface area contributed by atoms with Crippen molar-refractivity contribution in [3.8, 4) is 0 Å². The first-order valence-electron chi connectivity index (χ1n) is 6.58. The Kier molecular flexibility index (Phi) is 3.84. The van der Waals surface area contributed by atoms with Crippen LogP contribution in [0.25, 0.3) is 0 Å². The molecule has 1 aliphatic rings. The van der Waals surface area contributed by atoms with Gasteiger partial charge in [0.25, 0.3) is 0 Å². The third-order valence-corrected chi connectivity index (χ3v) is 3.90. The fraction of sp³-hybridized carbons (Fsp3) is 0.533. The van der Waals surface area contributed by atoms with E-state index < -0.39 is 17.5 Å². The fourth-order valence-corrected chi connectivity index (χ4v) is 2.81. The maximum Gasteiger partial charge on any atom is 0.412 e. The molecule has 5 heteroatoms. The largest absolute Gasteiger partial charge is 0.444 e. The Balaban J connectivity index is 2.28. The molecule has 1 aliphatic carbocycles. The van der Waals surface area contributed by atoms with Gasteiger partial charge < -0.3 is 4.74 Å². The number of halogens is 2. The second kappa shape index (κ2) is 5.02. The predicted octanol–water partition coefficient (Wildman–Crippen LogP) is 4.38. The number of benzene rings is 1. The maximum absolute atomic E-state index is 15.3. The van der Waals surface area contributed by atoms with Crippen LogP contribution in [0.3, 0.4) is 0 Å². The molecule has 1 aromatic carbocycles. The lowest BCUT2D eigenvalue weighted by Crippen LogP contribution is -2.45. The highest BCUT2D eigenvalue weighted by atomic mass is 79.9. The Hall–Kier alpha value is -1.10. The molecule has 1 amide bonds. The van der Waals surface area contributed by atoms with Crippen LogP contribution in [0.2, 0.25) is 0 Å². The minimum absolute atomic E-state index is 0.258. The van der Waals surface area contributed by atoms with Gasteiger partial charge in [0.05, 0.1) is 0 Å². The highest BCUT2D eigenvalue weighted by Crippen LogP contribution is 2.43. The number of carbonyl (C=O) groups excluding carboxylic acids is 1. The minimum Gasteiger partial charge on any atom is -0.444 e. The zero-order chi connectivity index (χ0) is 15.1. The van der Waals surface area contributed by atoms with Crippen LogP contribution in [0.15, 0.2) is 22.7 Å². The average Bonchev–Trinajstić information content (AvgIpc) is 2.64. The van der Waals surface area contributed by atoms with Crippen LogP contribution in [-0.2, 0) is 17.0 Å². The molecule has 0 heterocycles. The summed E-state index contributed by atoms with van der Waals surface area (Å²) in [6, 6.07) is 5.42. The Morgan fingerprint density at radius 1 is 1.45 bits per heavy atom. The van der Waals surface area contributed by atoms with Crippen LogP contribution >= 0.6 is 15.9 Å². The van der Waals surface area contributed by atoms with Crippen molar-refractivity contribution in [3.63, 3.8) is 0 Å². The van der Waals surface area contributed by atoms with E-state index >= 15 is 4.39 Å². The van der Waals surface area contributed by atoms with Crippen molar-refractivity contribution < 1.29 is 13.9 Å². The van der Waals surface area contributed by atoms with E-state index in [2.05, 4.69) is 15.9 Å². The van der Waals surface area contributed by atoms with Gasteiger partial charge in [-0.2, -0.15) is 0 Å². The number of hydrogen-bond acceptors (Lipinski definition) is 2. The quantitative estimate of drug-likeness (QED) is 0.708. The first kappa shape index (κ1) is 15.3. The molecular weight excluding hydrogens is 325 g/mol. The number of fused-ring (bicyclic) bond motifs is 1. The lowest BCUT2D eigenvalue weighted by atomic mass is 10.1. The molecule has 1 aromatic rings. The Bertz CT molecular complexity index is 541. The van der Waals surface area contributed by atoms with Crippen molar-refractivity contribution in [1.82, 2.24) is 4.90 Å². The molecule has 0 N–H and O–H groups in total. The first-order chi connectivity index (χ1) is 9.13. The Morgan fingerprint density at radius 2 is 2.10 bits per heavy atom. The first-order valence-corrected chi connectivity index (χ1v) is 7.37. The summed E-state index contributed by atoms with van der Waals surface area (Å²) in [6.07, 6.45) is 0.225. The average molecular weight is 344 g/mol. The summed E-state index contributed by atoms with van der Waals surface area (Å²) in [6.45, 7) is 5.30. The van der Waals surface area contributed by atoms with Crippen molar-refractivity contribution in [3.05, 3.63) is 33.8 Å². The second-order valence-corrected chi connectivity index (χ2v) is 7.02. The SMILES string of the molecule is CN(C(=O)OC(C)(C)C)C1(F)CCc2cc(Br)ccc21. The standard InChI is InChI=1S/C15H19BrFNO2/c1-14(2,3)20-13(19)18(4)15(17)8-7-10-9-11(16)5-6-12(10)15/h5-6,9H,7-8H2,1-4H3. The molecule has 0 fully saturated rings. The highest BCUT2D eigenvalue weighted by Gasteiger charge is 2.46. The Labute approximate surface area is 127 Å². The van der Waals surface area contributed by atoms with Gasteiger partial charge in [0.1, 0.15) is 5.60 Å². The van der Waals surface area contributed by atoms with Crippen LogP contribution in [0.5, 0.6) is 0 Å². The van der Waals surface area contributed by atoms with Crippen LogP contribution in [0.1, 0.15) is 38.3 Å². The highest BCUT2D eigenvalue weighted by molar-refractivity contribution is 9.10. The molecule has 0 radical (unpaired) electrons. The smallest absolute Gasteiger partial charge is 0.412 e. The number of rotatable bonds is 1. The third kappa shape index (κ3) is 2.82. The summed E-state index contributed by atoms with van der Waals surface area (Å²) in [5.74, 6) is -1.79. The van der Waals surface area contributed by atoms with Crippen molar-refractivity contribution in [2.45, 2.75) is 45.0 Å². The number of hydrogen-bond donors (Lipinski definition) is 0. The third-order valence-electron chi connectivity index (χ3n) is 3.40. The number of aryl methyl sites for hydroxylation is 1. The molecule has 0 aliphatic heterocycles. The molecule has 0 spiro atoms. The number of ether oxygens (including phenoxy) is 1. The zero-order valence-electron chi connectivity index (χ0n) is 12.2. The number of amides is 1. The van der Waals surface area contributed by atoms with E-state index in [1.807, 2.05) is 6.07 Å². The van der Waals surface area contributed by atoms with Gasteiger partial charge in [0, 0.05) is 23.5 Å². The number of alkyl halides is 1. The van der Waals surface area contributed by atoms with Gasteiger partial charge in [0.2, 0.25) is 5.79 Å². The molecule has 2 rings (SSSR count). The van der Waals surface area contributed by atoms with Crippen LogP contribution in [0, 0.1) is 0 Å². The van der Waals surface area contributed by atoms with Crippen molar-refractivity contribution >= 4 is 22.0 Å². The van der Waals surface area contributed by atoms with Gasteiger partial charge in [-0.05, 0) is 44.9 Å². The maximum atomic E-state index is 15.3. The summed E-state index contributed by atoms with van der Waals surface area (Å²) in [5, 5.41) is 0. The molecule has 0 saturated heterocycles. The monoisotopic (exact) mass is 343 g/mol. The molecule has 0 bridgehead atoms. The van der Waals surface area contributed by atoms with E-state index in [4.69, 9.17) is 4.74 Å². The topological polar surface area (TPSA) is 29.5 Å². The lowest BCUT2D eigenvalue weighted by molar-refractivity contribution is -0.0440. The van der Waals surface area contributed by atoms with Gasteiger partial charge >= 0.3 is 6.09 Å². The van der Waals surface area contributed by atoms with E-state index in [1.54, 1.807) is 32.9 Å². The minimum atomic E-state index is -1.79. The van der Waals surface area contributed by atoms with Gasteiger partial charge in [-0.3, -0.25) is 4.90 Å². The zero-order valence-corrected chi connectivity index (χ0v) is 13.8. The lowest BCUT2D eigenvalue weighted by Gasteiger charge is -2.33. The molecule has 1 atom stereocenters. The molecule has 20 heavy (non-hydrogen) atoms. The van der Waals surface area contributed by atoms with Crippen LogP contribution < -0.4 is 0 Å². The molecule has 0 aromatic heterocycles. The van der Waals surface area contributed by atoms with E-state index in [0.29, 0.717) is 12.0 Å². The molecule has 0 saturated carbocycles. The van der Waals surface area contributed by atoms with Crippen LogP contribution in [-0.4, -0.2) is 23.6 Å². The normalized spacial score (nSPS) is 21.5. The van der Waals surface area contributed by atoms with Gasteiger partial charge in [0.15, 0.2) is 0 Å². The molecule has 1 unspecified atom stereocenters. The van der Waals surface area contributed by atoms with E-state index in [9.17, 15) is 4.79 Å². The van der Waals surface area contributed by atoms with Crippen LogP contribution in [0.4, 0.5) is 9.18 Å². The van der Waals surface area contributed by atoms with Gasteiger partial charge in [-0.25, -0.2) is 9.18 Å². The van der Waals surface area contributed by atoms with Crippen molar-refractivity contribution in [2.75, 3.05) is 7.05 Å². The summed E-state index contributed by atoms with van der Waals surface area (Å²) < 4.78 is 21.4. The number of carbonyl (C=O) groups is 1. The van der Waals surface area contributed by atoms with Crippen molar-refractivity contribution in [1.29, 1.82) is 0 Å². The summed E-state index contributed by atoms with van der Waals surface area (Å²) in [7, 11) is 1.45.